The molecule has 2 heterocycles. The van der Waals surface area contributed by atoms with Crippen molar-refractivity contribution in [2.75, 3.05) is 0 Å². The number of hydrogen-bond acceptors (Lipinski definition) is 3. The molecule has 3 aromatic rings. The molecule has 0 aliphatic carbocycles. The molecule has 0 saturated heterocycles. The molecule has 0 aliphatic rings. The lowest BCUT2D eigenvalue weighted by molar-refractivity contribution is 0.0687. The Kier molecular flexibility index (Phi) is 2.52. The van der Waals surface area contributed by atoms with Gasteiger partial charge in [0.15, 0.2) is 17.2 Å². The van der Waals surface area contributed by atoms with E-state index in [1.54, 1.807) is 12.1 Å². The van der Waals surface area contributed by atoms with Crippen molar-refractivity contribution >= 4 is 11.6 Å². The number of aromatic nitrogens is 3. The normalized spacial score (nSPS) is 10.8. The van der Waals surface area contributed by atoms with Gasteiger partial charge in [0.1, 0.15) is 0 Å². The number of carboxylic acids is 1. The Bertz CT molecular complexity index is 760. The summed E-state index contributed by atoms with van der Waals surface area (Å²) in [5, 5.41) is 13.4. The van der Waals surface area contributed by atoms with Gasteiger partial charge in [0.25, 0.3) is 0 Å². The van der Waals surface area contributed by atoms with E-state index in [1.807, 2.05) is 31.2 Å². The Labute approximate surface area is 109 Å². The third-order valence-corrected chi connectivity index (χ3v) is 2.89. The number of aromatic carboxylic acids is 1. The Balaban J connectivity index is 2.19. The van der Waals surface area contributed by atoms with E-state index < -0.39 is 5.97 Å². The van der Waals surface area contributed by atoms with Gasteiger partial charge in [-0.15, -0.1) is 5.10 Å². The fourth-order valence-electron chi connectivity index (χ4n) is 1.89. The second kappa shape index (κ2) is 4.20. The van der Waals surface area contributed by atoms with Crippen molar-refractivity contribution < 1.29 is 9.90 Å². The molecule has 0 aliphatic heterocycles. The average molecular weight is 253 g/mol. The molecule has 0 amide bonds. The quantitative estimate of drug-likeness (QED) is 0.761. The Morgan fingerprint density at radius 1 is 1.16 bits per heavy atom. The van der Waals surface area contributed by atoms with E-state index in [2.05, 4.69) is 10.1 Å². The second-order valence-electron chi connectivity index (χ2n) is 4.29. The summed E-state index contributed by atoms with van der Waals surface area (Å²) in [5.74, 6) is -0.500. The molecular formula is C14H11N3O2. The van der Waals surface area contributed by atoms with Crippen LogP contribution < -0.4 is 0 Å². The Hall–Kier alpha value is -2.69. The van der Waals surface area contributed by atoms with E-state index >= 15 is 0 Å². The van der Waals surface area contributed by atoms with Crippen molar-refractivity contribution in [3.05, 3.63) is 53.7 Å². The van der Waals surface area contributed by atoms with Crippen molar-refractivity contribution in [1.29, 1.82) is 0 Å². The predicted octanol–water partition coefficient (Wildman–Crippen LogP) is 2.40. The highest BCUT2D eigenvalue weighted by Crippen LogP contribution is 2.17. The van der Waals surface area contributed by atoms with Crippen molar-refractivity contribution in [3.63, 3.8) is 0 Å². The number of nitrogens with zero attached hydrogens (tertiary/aromatic N) is 3. The Morgan fingerprint density at radius 2 is 1.89 bits per heavy atom. The number of hydrogen-bond donors (Lipinski definition) is 1. The van der Waals surface area contributed by atoms with E-state index in [4.69, 9.17) is 5.11 Å². The molecule has 0 bridgehead atoms. The van der Waals surface area contributed by atoms with E-state index in [9.17, 15) is 4.79 Å². The smallest absolute Gasteiger partial charge is 0.354 e. The van der Waals surface area contributed by atoms with Crippen molar-refractivity contribution in [2.45, 2.75) is 6.92 Å². The van der Waals surface area contributed by atoms with E-state index in [0.717, 1.165) is 11.1 Å². The number of carboxylic acid groups (broad SMARTS) is 1. The molecule has 2 aromatic heterocycles. The molecule has 1 N–H and O–H groups in total. The first-order valence-electron chi connectivity index (χ1n) is 5.81. The summed E-state index contributed by atoms with van der Waals surface area (Å²) in [6.07, 6.45) is 0. The Morgan fingerprint density at radius 3 is 2.58 bits per heavy atom. The summed E-state index contributed by atoms with van der Waals surface area (Å²) in [7, 11) is 0. The van der Waals surface area contributed by atoms with Gasteiger partial charge in [0.05, 0.1) is 0 Å². The zero-order chi connectivity index (χ0) is 13.4. The highest BCUT2D eigenvalue weighted by molar-refractivity contribution is 5.86. The number of benzene rings is 1. The maximum atomic E-state index is 11.1. The molecule has 5 heteroatoms. The van der Waals surface area contributed by atoms with Gasteiger partial charge in [-0.3, -0.25) is 0 Å². The van der Waals surface area contributed by atoms with Gasteiger partial charge in [0, 0.05) is 5.56 Å². The highest BCUT2D eigenvalue weighted by Gasteiger charge is 2.12. The maximum Gasteiger partial charge on any atom is 0.354 e. The van der Waals surface area contributed by atoms with Crippen molar-refractivity contribution in [3.8, 4) is 11.4 Å². The molecule has 0 atom stereocenters. The zero-order valence-electron chi connectivity index (χ0n) is 10.2. The van der Waals surface area contributed by atoms with Crippen LogP contribution in [0.1, 0.15) is 16.1 Å². The molecule has 0 radical (unpaired) electrons. The fraction of sp³-hybridized carbons (Fsp3) is 0.0714. The topological polar surface area (TPSA) is 67.5 Å². The molecule has 0 fully saturated rings. The lowest BCUT2D eigenvalue weighted by Gasteiger charge is -1.97. The van der Waals surface area contributed by atoms with Crippen molar-refractivity contribution in [1.82, 2.24) is 14.6 Å². The summed E-state index contributed by atoms with van der Waals surface area (Å²) in [5.41, 5.74) is 2.64. The predicted molar refractivity (Wildman–Crippen MR) is 70.1 cm³/mol. The minimum atomic E-state index is -1.02. The number of pyridine rings is 1. The molecule has 94 valence electrons. The SMILES string of the molecule is Cc1ccc(-c2nc3cccc(C(=O)O)n3n2)cc1. The molecule has 19 heavy (non-hydrogen) atoms. The molecule has 3 rings (SSSR count). The van der Waals surface area contributed by atoms with Gasteiger partial charge in [-0.05, 0) is 19.1 Å². The van der Waals surface area contributed by atoms with Crippen LogP contribution in [-0.4, -0.2) is 25.7 Å². The van der Waals surface area contributed by atoms with E-state index in [1.165, 1.54) is 10.6 Å². The van der Waals surface area contributed by atoms with Crippen LogP contribution in [0, 0.1) is 6.92 Å². The van der Waals surface area contributed by atoms with Gasteiger partial charge in [0.2, 0.25) is 0 Å². The molecule has 0 spiro atoms. The summed E-state index contributed by atoms with van der Waals surface area (Å²) < 4.78 is 1.34. The lowest BCUT2D eigenvalue weighted by atomic mass is 10.1. The minimum Gasteiger partial charge on any atom is -0.477 e. The zero-order valence-corrected chi connectivity index (χ0v) is 10.2. The molecule has 0 saturated carbocycles. The summed E-state index contributed by atoms with van der Waals surface area (Å²) in [6, 6.07) is 12.7. The number of aryl methyl sites for hydroxylation is 1. The van der Waals surface area contributed by atoms with Crippen LogP contribution in [0.3, 0.4) is 0 Å². The lowest BCUT2D eigenvalue weighted by Crippen LogP contribution is -2.05. The van der Waals surface area contributed by atoms with Gasteiger partial charge in [-0.2, -0.15) is 0 Å². The first kappa shape index (κ1) is 11.4. The van der Waals surface area contributed by atoms with Crippen molar-refractivity contribution in [2.24, 2.45) is 0 Å². The van der Waals surface area contributed by atoms with Crippen LogP contribution in [-0.2, 0) is 0 Å². The van der Waals surface area contributed by atoms with Crippen LogP contribution in [0.2, 0.25) is 0 Å². The fourth-order valence-corrected chi connectivity index (χ4v) is 1.89. The summed E-state index contributed by atoms with van der Waals surface area (Å²) >= 11 is 0. The molecule has 0 unspecified atom stereocenters. The highest BCUT2D eigenvalue weighted by atomic mass is 16.4. The number of rotatable bonds is 2. The van der Waals surface area contributed by atoms with Crippen LogP contribution in [0.15, 0.2) is 42.5 Å². The third-order valence-electron chi connectivity index (χ3n) is 2.89. The van der Waals surface area contributed by atoms with E-state index in [0.29, 0.717) is 11.5 Å². The standard InChI is InChI=1S/C14H11N3O2/c1-9-5-7-10(8-6-9)13-15-12-4-2-3-11(14(18)19)17(12)16-13/h2-8H,1H3,(H,18,19). The van der Waals surface area contributed by atoms with Crippen LogP contribution >= 0.6 is 0 Å². The largest absolute Gasteiger partial charge is 0.477 e. The minimum absolute atomic E-state index is 0.100. The number of carbonyl (C=O) groups is 1. The molecular weight excluding hydrogens is 242 g/mol. The van der Waals surface area contributed by atoms with Crippen LogP contribution in [0.25, 0.3) is 17.0 Å². The number of fused-ring (bicyclic) bond motifs is 1. The van der Waals surface area contributed by atoms with E-state index in [-0.39, 0.29) is 5.69 Å². The monoisotopic (exact) mass is 253 g/mol. The molecule has 5 nitrogen and oxygen atoms in total. The average Bonchev–Trinajstić information content (AvgIpc) is 2.82. The maximum absolute atomic E-state index is 11.1. The molecule has 1 aromatic carbocycles. The van der Waals surface area contributed by atoms with Gasteiger partial charge < -0.3 is 5.11 Å². The van der Waals surface area contributed by atoms with Crippen LogP contribution in [0.4, 0.5) is 0 Å². The summed E-state index contributed by atoms with van der Waals surface area (Å²) in [4.78, 5) is 15.5. The second-order valence-corrected chi connectivity index (χ2v) is 4.29. The van der Waals surface area contributed by atoms with Gasteiger partial charge in [-0.25, -0.2) is 14.3 Å². The van der Waals surface area contributed by atoms with Crippen LogP contribution in [0.5, 0.6) is 0 Å². The summed E-state index contributed by atoms with van der Waals surface area (Å²) in [6.45, 7) is 2.00. The first-order valence-corrected chi connectivity index (χ1v) is 5.81. The van der Waals surface area contributed by atoms with Gasteiger partial charge >= 0.3 is 5.97 Å². The first-order chi connectivity index (χ1) is 9.15. The van der Waals surface area contributed by atoms with Gasteiger partial charge in [-0.1, -0.05) is 35.9 Å². The third kappa shape index (κ3) is 1.95.